The van der Waals surface area contributed by atoms with Gasteiger partial charge in [-0.3, -0.25) is 4.90 Å². The Morgan fingerprint density at radius 3 is 2.78 bits per heavy atom. The standard InChI is InChI=1S/C14H20F2N2/c1-14(2)10-18(7-3-6-17-14)9-11-4-5-12(15)13(16)8-11/h4-5,8,17H,3,6-7,9-10H2,1-2H3. The van der Waals surface area contributed by atoms with Gasteiger partial charge in [0.05, 0.1) is 0 Å². The second-order valence-corrected chi connectivity index (χ2v) is 5.62. The zero-order valence-electron chi connectivity index (χ0n) is 11.0. The number of rotatable bonds is 2. The van der Waals surface area contributed by atoms with Crippen molar-refractivity contribution in [2.75, 3.05) is 19.6 Å². The third kappa shape index (κ3) is 3.50. The van der Waals surface area contributed by atoms with Crippen molar-refractivity contribution in [2.24, 2.45) is 0 Å². The molecule has 0 atom stereocenters. The van der Waals surface area contributed by atoms with E-state index in [4.69, 9.17) is 0 Å². The number of halogens is 2. The first-order valence-corrected chi connectivity index (χ1v) is 6.38. The Morgan fingerprint density at radius 1 is 1.28 bits per heavy atom. The van der Waals surface area contributed by atoms with E-state index < -0.39 is 11.6 Å². The molecule has 0 unspecified atom stereocenters. The molecule has 1 fully saturated rings. The van der Waals surface area contributed by atoms with Crippen molar-refractivity contribution < 1.29 is 8.78 Å². The van der Waals surface area contributed by atoms with Crippen LogP contribution in [0.15, 0.2) is 18.2 Å². The molecule has 2 nitrogen and oxygen atoms in total. The molecule has 1 aliphatic heterocycles. The van der Waals surface area contributed by atoms with Gasteiger partial charge in [-0.15, -0.1) is 0 Å². The maximum Gasteiger partial charge on any atom is 0.159 e. The zero-order chi connectivity index (χ0) is 13.2. The molecule has 1 aromatic carbocycles. The van der Waals surface area contributed by atoms with E-state index in [1.807, 2.05) is 0 Å². The summed E-state index contributed by atoms with van der Waals surface area (Å²) < 4.78 is 26.0. The lowest BCUT2D eigenvalue weighted by molar-refractivity contribution is 0.223. The van der Waals surface area contributed by atoms with Gasteiger partial charge in [0.25, 0.3) is 0 Å². The third-order valence-corrected chi connectivity index (χ3v) is 3.26. The average Bonchev–Trinajstić information content (AvgIpc) is 2.44. The summed E-state index contributed by atoms with van der Waals surface area (Å²) in [4.78, 5) is 2.28. The Balaban J connectivity index is 2.05. The molecule has 1 saturated heterocycles. The van der Waals surface area contributed by atoms with Crippen LogP contribution in [-0.4, -0.2) is 30.1 Å². The van der Waals surface area contributed by atoms with Gasteiger partial charge in [-0.05, 0) is 51.1 Å². The summed E-state index contributed by atoms with van der Waals surface area (Å²) in [6.07, 6.45) is 1.08. The van der Waals surface area contributed by atoms with Gasteiger partial charge < -0.3 is 5.32 Å². The Bertz CT molecular complexity index is 418. The van der Waals surface area contributed by atoms with E-state index in [9.17, 15) is 8.78 Å². The number of hydrogen-bond donors (Lipinski definition) is 1. The van der Waals surface area contributed by atoms with Crippen molar-refractivity contribution in [1.29, 1.82) is 0 Å². The Kier molecular flexibility index (Phi) is 3.97. The molecule has 0 saturated carbocycles. The number of nitrogens with one attached hydrogen (secondary N) is 1. The van der Waals surface area contributed by atoms with Gasteiger partial charge in [0.2, 0.25) is 0 Å². The SMILES string of the molecule is CC1(C)CN(Cc2ccc(F)c(F)c2)CCCN1. The normalized spacial score (nSPS) is 20.7. The minimum atomic E-state index is -0.781. The highest BCUT2D eigenvalue weighted by atomic mass is 19.2. The van der Waals surface area contributed by atoms with Crippen LogP contribution in [0.5, 0.6) is 0 Å². The minimum Gasteiger partial charge on any atom is -0.310 e. The molecule has 0 amide bonds. The zero-order valence-corrected chi connectivity index (χ0v) is 11.0. The van der Waals surface area contributed by atoms with Gasteiger partial charge in [-0.1, -0.05) is 6.07 Å². The highest BCUT2D eigenvalue weighted by molar-refractivity contribution is 5.17. The molecule has 4 heteroatoms. The highest BCUT2D eigenvalue weighted by Crippen LogP contribution is 2.15. The van der Waals surface area contributed by atoms with Gasteiger partial charge in [-0.2, -0.15) is 0 Å². The number of hydrogen-bond acceptors (Lipinski definition) is 2. The lowest BCUT2D eigenvalue weighted by Gasteiger charge is -2.30. The Labute approximate surface area is 107 Å². The molecule has 2 rings (SSSR count). The first-order valence-electron chi connectivity index (χ1n) is 6.38. The number of nitrogens with zero attached hydrogens (tertiary/aromatic N) is 1. The smallest absolute Gasteiger partial charge is 0.159 e. The summed E-state index contributed by atoms with van der Waals surface area (Å²) in [6.45, 7) is 7.89. The van der Waals surface area contributed by atoms with Crippen LogP contribution in [0.4, 0.5) is 8.78 Å². The van der Waals surface area contributed by atoms with Crippen LogP contribution in [0.3, 0.4) is 0 Å². The van der Waals surface area contributed by atoms with Crippen LogP contribution in [0.1, 0.15) is 25.8 Å². The molecular formula is C14H20F2N2. The van der Waals surface area contributed by atoms with Gasteiger partial charge >= 0.3 is 0 Å². The fraction of sp³-hybridized carbons (Fsp3) is 0.571. The predicted octanol–water partition coefficient (Wildman–Crippen LogP) is 2.54. The molecule has 100 valence electrons. The van der Waals surface area contributed by atoms with E-state index in [0.717, 1.165) is 31.6 Å². The van der Waals surface area contributed by atoms with Gasteiger partial charge in [-0.25, -0.2) is 8.78 Å². The number of benzene rings is 1. The van der Waals surface area contributed by atoms with Crippen LogP contribution in [-0.2, 0) is 6.54 Å². The van der Waals surface area contributed by atoms with Crippen LogP contribution in [0.25, 0.3) is 0 Å². The largest absolute Gasteiger partial charge is 0.310 e. The van der Waals surface area contributed by atoms with Gasteiger partial charge in [0, 0.05) is 18.6 Å². The molecule has 1 aliphatic rings. The first-order chi connectivity index (χ1) is 8.46. The Hall–Kier alpha value is -1.00. The lowest BCUT2D eigenvalue weighted by atomic mass is 10.1. The summed E-state index contributed by atoms with van der Waals surface area (Å²) in [6, 6.07) is 4.15. The van der Waals surface area contributed by atoms with E-state index >= 15 is 0 Å². The van der Waals surface area contributed by atoms with E-state index in [1.54, 1.807) is 6.07 Å². The summed E-state index contributed by atoms with van der Waals surface area (Å²) in [5.41, 5.74) is 0.890. The molecule has 0 radical (unpaired) electrons. The van der Waals surface area contributed by atoms with Crippen molar-refractivity contribution in [3.05, 3.63) is 35.4 Å². The second kappa shape index (κ2) is 5.33. The molecule has 0 aromatic heterocycles. The summed E-state index contributed by atoms with van der Waals surface area (Å²) >= 11 is 0. The van der Waals surface area contributed by atoms with Gasteiger partial charge in [0.15, 0.2) is 11.6 Å². The molecule has 0 spiro atoms. The first kappa shape index (κ1) is 13.4. The monoisotopic (exact) mass is 254 g/mol. The summed E-state index contributed by atoms with van der Waals surface area (Å²) in [7, 11) is 0. The fourth-order valence-electron chi connectivity index (χ4n) is 2.45. The molecule has 1 heterocycles. The van der Waals surface area contributed by atoms with E-state index in [2.05, 4.69) is 24.1 Å². The van der Waals surface area contributed by atoms with Crippen molar-refractivity contribution in [3.63, 3.8) is 0 Å². The van der Waals surface area contributed by atoms with Crippen LogP contribution in [0.2, 0.25) is 0 Å². The average molecular weight is 254 g/mol. The highest BCUT2D eigenvalue weighted by Gasteiger charge is 2.23. The molecule has 1 N–H and O–H groups in total. The summed E-state index contributed by atoms with van der Waals surface area (Å²) in [5.74, 6) is -1.55. The van der Waals surface area contributed by atoms with Crippen LogP contribution >= 0.6 is 0 Å². The molecule has 1 aromatic rings. The predicted molar refractivity (Wildman–Crippen MR) is 68.3 cm³/mol. The quantitative estimate of drug-likeness (QED) is 0.872. The van der Waals surface area contributed by atoms with Crippen LogP contribution in [0, 0.1) is 11.6 Å². The molecule has 18 heavy (non-hydrogen) atoms. The second-order valence-electron chi connectivity index (χ2n) is 5.62. The maximum absolute atomic E-state index is 13.2. The third-order valence-electron chi connectivity index (χ3n) is 3.26. The van der Waals surface area contributed by atoms with Crippen molar-refractivity contribution in [2.45, 2.75) is 32.4 Å². The maximum atomic E-state index is 13.2. The fourth-order valence-corrected chi connectivity index (χ4v) is 2.45. The topological polar surface area (TPSA) is 15.3 Å². The van der Waals surface area contributed by atoms with E-state index in [1.165, 1.54) is 12.1 Å². The Morgan fingerprint density at radius 2 is 2.06 bits per heavy atom. The van der Waals surface area contributed by atoms with E-state index in [-0.39, 0.29) is 5.54 Å². The van der Waals surface area contributed by atoms with Crippen molar-refractivity contribution in [3.8, 4) is 0 Å². The van der Waals surface area contributed by atoms with Crippen LogP contribution < -0.4 is 5.32 Å². The summed E-state index contributed by atoms with van der Waals surface area (Å²) in [5, 5.41) is 3.48. The molecule has 0 aliphatic carbocycles. The minimum absolute atomic E-state index is 0.0646. The van der Waals surface area contributed by atoms with Gasteiger partial charge in [0.1, 0.15) is 0 Å². The molecular weight excluding hydrogens is 234 g/mol. The van der Waals surface area contributed by atoms with Crippen molar-refractivity contribution >= 4 is 0 Å². The van der Waals surface area contributed by atoms with Crippen molar-refractivity contribution in [1.82, 2.24) is 10.2 Å². The molecule has 0 bridgehead atoms. The van der Waals surface area contributed by atoms with E-state index in [0.29, 0.717) is 6.54 Å². The lowest BCUT2D eigenvalue weighted by Crippen LogP contribution is -2.46.